The lowest BCUT2D eigenvalue weighted by molar-refractivity contribution is 0.415. The molecule has 0 saturated heterocycles. The fourth-order valence-electron chi connectivity index (χ4n) is 3.28. The van der Waals surface area contributed by atoms with Crippen molar-refractivity contribution in [1.82, 2.24) is 9.97 Å². The van der Waals surface area contributed by atoms with Crippen LogP contribution in [0.25, 0.3) is 21.8 Å². The fraction of sp³-hybridized carbons (Fsp3) is 0.250. The molecule has 0 fully saturated rings. The van der Waals surface area contributed by atoms with E-state index in [-0.39, 0.29) is 0 Å². The van der Waals surface area contributed by atoms with Crippen LogP contribution < -0.4 is 21.5 Å². The second-order valence-electron chi connectivity index (χ2n) is 7.15. The SMILES string of the molecule is COc1cc(NC(C)CCCN)c2ncccc2c1.Nc1cccc2cccnc12. The summed E-state index contributed by atoms with van der Waals surface area (Å²) < 4.78 is 5.34. The van der Waals surface area contributed by atoms with E-state index in [1.165, 1.54) is 0 Å². The quantitative estimate of drug-likeness (QED) is 0.407. The zero-order chi connectivity index (χ0) is 21.3. The molecule has 30 heavy (non-hydrogen) atoms. The molecule has 0 spiro atoms. The average molecular weight is 404 g/mol. The molecule has 6 nitrogen and oxygen atoms in total. The van der Waals surface area contributed by atoms with Gasteiger partial charge in [0.15, 0.2) is 0 Å². The molecule has 2 aromatic heterocycles. The molecule has 2 aromatic carbocycles. The van der Waals surface area contributed by atoms with Crippen molar-refractivity contribution in [3.05, 3.63) is 67.0 Å². The van der Waals surface area contributed by atoms with E-state index >= 15 is 0 Å². The van der Waals surface area contributed by atoms with Gasteiger partial charge in [-0.15, -0.1) is 0 Å². The molecule has 6 heteroatoms. The number of nitrogens with two attached hydrogens (primary N) is 2. The predicted octanol–water partition coefficient (Wildman–Crippen LogP) is 4.60. The van der Waals surface area contributed by atoms with Gasteiger partial charge in [0.2, 0.25) is 0 Å². The van der Waals surface area contributed by atoms with E-state index in [4.69, 9.17) is 16.2 Å². The average Bonchev–Trinajstić information content (AvgIpc) is 2.78. The molecule has 0 radical (unpaired) electrons. The number of aromatic nitrogens is 2. The summed E-state index contributed by atoms with van der Waals surface area (Å²) in [6.07, 6.45) is 5.62. The van der Waals surface area contributed by atoms with Crippen molar-refractivity contribution < 1.29 is 4.74 Å². The first-order valence-electron chi connectivity index (χ1n) is 10.1. The van der Waals surface area contributed by atoms with Crippen LogP contribution in [0.4, 0.5) is 11.4 Å². The van der Waals surface area contributed by atoms with Crippen LogP contribution in [0.2, 0.25) is 0 Å². The molecule has 0 aliphatic rings. The van der Waals surface area contributed by atoms with Crippen molar-refractivity contribution in [2.24, 2.45) is 5.73 Å². The minimum atomic E-state index is 0.362. The van der Waals surface area contributed by atoms with Crippen LogP contribution in [0, 0.1) is 0 Å². The number of fused-ring (bicyclic) bond motifs is 2. The second-order valence-corrected chi connectivity index (χ2v) is 7.15. The second kappa shape index (κ2) is 10.4. The lowest BCUT2D eigenvalue weighted by Gasteiger charge is -2.17. The summed E-state index contributed by atoms with van der Waals surface area (Å²) in [5.41, 5.74) is 14.9. The number of rotatable bonds is 6. The summed E-state index contributed by atoms with van der Waals surface area (Å²) in [5, 5.41) is 5.67. The van der Waals surface area contributed by atoms with Crippen LogP contribution in [0.5, 0.6) is 5.75 Å². The first-order chi connectivity index (χ1) is 14.6. The Balaban J connectivity index is 0.000000196. The van der Waals surface area contributed by atoms with Crippen molar-refractivity contribution >= 4 is 33.2 Å². The van der Waals surface area contributed by atoms with Gasteiger partial charge in [0, 0.05) is 35.3 Å². The minimum Gasteiger partial charge on any atom is -0.497 e. The van der Waals surface area contributed by atoms with Crippen LogP contribution in [-0.2, 0) is 0 Å². The molecule has 0 saturated carbocycles. The minimum absolute atomic E-state index is 0.362. The Kier molecular flexibility index (Phi) is 7.40. The van der Waals surface area contributed by atoms with Gasteiger partial charge in [-0.2, -0.15) is 0 Å². The maximum absolute atomic E-state index is 5.69. The number of nitrogens with zero attached hydrogens (tertiary/aromatic N) is 2. The van der Waals surface area contributed by atoms with E-state index < -0.39 is 0 Å². The van der Waals surface area contributed by atoms with E-state index in [0.29, 0.717) is 6.04 Å². The Hall–Kier alpha value is -3.38. The van der Waals surface area contributed by atoms with Crippen molar-refractivity contribution in [2.45, 2.75) is 25.8 Å². The lowest BCUT2D eigenvalue weighted by atomic mass is 10.1. The van der Waals surface area contributed by atoms with E-state index in [1.807, 2.05) is 60.8 Å². The molecule has 2 heterocycles. The van der Waals surface area contributed by atoms with Gasteiger partial charge in [-0.1, -0.05) is 24.3 Å². The third kappa shape index (κ3) is 5.36. The van der Waals surface area contributed by atoms with Crippen molar-refractivity contribution in [3.63, 3.8) is 0 Å². The van der Waals surface area contributed by atoms with Crippen LogP contribution in [0.15, 0.2) is 67.0 Å². The summed E-state index contributed by atoms with van der Waals surface area (Å²) in [6, 6.07) is 18.0. The summed E-state index contributed by atoms with van der Waals surface area (Å²) in [6.45, 7) is 2.88. The number of hydrogen-bond acceptors (Lipinski definition) is 6. The van der Waals surface area contributed by atoms with Gasteiger partial charge in [0.25, 0.3) is 0 Å². The predicted molar refractivity (Wildman–Crippen MR) is 126 cm³/mol. The monoisotopic (exact) mass is 403 g/mol. The number of nitrogen functional groups attached to an aromatic ring is 1. The summed E-state index contributed by atoms with van der Waals surface area (Å²) in [5.74, 6) is 0.842. The highest BCUT2D eigenvalue weighted by molar-refractivity contribution is 5.92. The molecule has 156 valence electrons. The highest BCUT2D eigenvalue weighted by Gasteiger charge is 2.08. The Morgan fingerprint density at radius 1 is 0.967 bits per heavy atom. The van der Waals surface area contributed by atoms with Gasteiger partial charge in [-0.25, -0.2) is 0 Å². The van der Waals surface area contributed by atoms with Crippen LogP contribution >= 0.6 is 0 Å². The van der Waals surface area contributed by atoms with Crippen molar-refractivity contribution in [2.75, 3.05) is 24.7 Å². The normalized spacial score (nSPS) is 11.6. The van der Waals surface area contributed by atoms with Gasteiger partial charge in [-0.3, -0.25) is 9.97 Å². The molecule has 1 atom stereocenters. The van der Waals surface area contributed by atoms with Crippen molar-refractivity contribution in [1.29, 1.82) is 0 Å². The van der Waals surface area contributed by atoms with E-state index in [2.05, 4.69) is 22.2 Å². The summed E-state index contributed by atoms with van der Waals surface area (Å²) in [7, 11) is 1.68. The molecule has 0 aliphatic heterocycles. The number of hydrogen-bond donors (Lipinski definition) is 3. The fourth-order valence-corrected chi connectivity index (χ4v) is 3.28. The van der Waals surface area contributed by atoms with Crippen molar-refractivity contribution in [3.8, 4) is 5.75 Å². The molecule has 1 unspecified atom stereocenters. The number of benzene rings is 2. The number of nitrogens with one attached hydrogen (secondary N) is 1. The third-order valence-electron chi connectivity index (χ3n) is 4.82. The van der Waals surface area contributed by atoms with Gasteiger partial charge in [-0.05, 0) is 50.6 Å². The number of pyridine rings is 2. The molecule has 4 aromatic rings. The van der Waals surface area contributed by atoms with E-state index in [1.54, 1.807) is 13.3 Å². The number of anilines is 2. The zero-order valence-corrected chi connectivity index (χ0v) is 17.5. The van der Waals surface area contributed by atoms with Crippen LogP contribution in [0.1, 0.15) is 19.8 Å². The highest BCUT2D eigenvalue weighted by atomic mass is 16.5. The van der Waals surface area contributed by atoms with Gasteiger partial charge < -0.3 is 21.5 Å². The Bertz CT molecular complexity index is 1090. The first-order valence-corrected chi connectivity index (χ1v) is 10.1. The smallest absolute Gasteiger partial charge is 0.121 e. The topological polar surface area (TPSA) is 99.1 Å². The molecular formula is C24H29N5O. The zero-order valence-electron chi connectivity index (χ0n) is 17.5. The largest absolute Gasteiger partial charge is 0.497 e. The number of methoxy groups -OCH3 is 1. The van der Waals surface area contributed by atoms with Crippen LogP contribution in [0.3, 0.4) is 0 Å². The maximum atomic E-state index is 5.69. The number of ether oxygens (including phenoxy) is 1. The third-order valence-corrected chi connectivity index (χ3v) is 4.82. The van der Waals surface area contributed by atoms with Gasteiger partial charge in [0.1, 0.15) is 5.75 Å². The molecule has 0 amide bonds. The molecule has 0 aliphatic carbocycles. The molecular weight excluding hydrogens is 374 g/mol. The van der Waals surface area contributed by atoms with Crippen LogP contribution in [-0.4, -0.2) is 29.7 Å². The molecule has 5 N–H and O–H groups in total. The summed E-state index contributed by atoms with van der Waals surface area (Å²) in [4.78, 5) is 8.60. The Labute approximate surface area is 177 Å². The molecule has 4 rings (SSSR count). The lowest BCUT2D eigenvalue weighted by Crippen LogP contribution is -2.17. The van der Waals surface area contributed by atoms with Gasteiger partial charge in [0.05, 0.1) is 29.5 Å². The Morgan fingerprint density at radius 3 is 2.37 bits per heavy atom. The molecule has 0 bridgehead atoms. The van der Waals surface area contributed by atoms with E-state index in [0.717, 1.165) is 58.3 Å². The first kappa shape index (κ1) is 21.3. The maximum Gasteiger partial charge on any atom is 0.121 e. The summed E-state index contributed by atoms with van der Waals surface area (Å²) >= 11 is 0. The Morgan fingerprint density at radius 2 is 1.67 bits per heavy atom. The van der Waals surface area contributed by atoms with E-state index in [9.17, 15) is 0 Å². The van der Waals surface area contributed by atoms with Gasteiger partial charge >= 0.3 is 0 Å². The number of para-hydroxylation sites is 1. The highest BCUT2D eigenvalue weighted by Crippen LogP contribution is 2.28. The standard InChI is InChI=1S/C15H21N3O.C9H8N2/c1-11(5-3-7-16)18-14-10-13(19-2)9-12-6-4-8-17-15(12)14;10-8-5-1-3-7-4-2-6-11-9(7)8/h4,6,8-11,18H,3,5,7,16H2,1-2H3;1-6H,10H2.